The molecule has 1 aliphatic heterocycles. The summed E-state index contributed by atoms with van der Waals surface area (Å²) in [7, 11) is 0. The lowest BCUT2D eigenvalue weighted by Gasteiger charge is -2.24. The smallest absolute Gasteiger partial charge is 0.123 e. The van der Waals surface area contributed by atoms with E-state index in [1.807, 2.05) is 0 Å². The Morgan fingerprint density at radius 3 is 2.84 bits per heavy atom. The summed E-state index contributed by atoms with van der Waals surface area (Å²) in [6, 6.07) is 6.74. The summed E-state index contributed by atoms with van der Waals surface area (Å²) >= 11 is 3.90. The van der Waals surface area contributed by atoms with Crippen LogP contribution in [0.5, 0.6) is 5.75 Å². The summed E-state index contributed by atoms with van der Waals surface area (Å²) in [5.41, 5.74) is 2.82. The molecular weight excluding hydrogens is 300 g/mol. The first kappa shape index (κ1) is 13.5. The van der Waals surface area contributed by atoms with E-state index in [9.17, 15) is 0 Å². The van der Waals surface area contributed by atoms with Gasteiger partial charge in [0.25, 0.3) is 0 Å². The predicted molar refractivity (Wildman–Crippen MR) is 83.1 cm³/mol. The molecule has 1 nitrogen and oxygen atoms in total. The molecule has 1 aromatic carbocycles. The number of halogens is 1. The maximum absolute atomic E-state index is 5.78. The van der Waals surface area contributed by atoms with Crippen molar-refractivity contribution in [1.29, 1.82) is 0 Å². The Labute approximate surface area is 124 Å². The average molecular weight is 323 g/mol. The van der Waals surface area contributed by atoms with Crippen LogP contribution in [-0.4, -0.2) is 6.10 Å². The van der Waals surface area contributed by atoms with E-state index in [0.29, 0.717) is 10.9 Å². The van der Waals surface area contributed by atoms with E-state index in [0.717, 1.165) is 18.1 Å². The van der Waals surface area contributed by atoms with Gasteiger partial charge in [0.1, 0.15) is 11.9 Å². The summed E-state index contributed by atoms with van der Waals surface area (Å²) in [6.07, 6.45) is 9.84. The molecule has 2 heteroatoms. The van der Waals surface area contributed by atoms with Gasteiger partial charge >= 0.3 is 0 Å². The van der Waals surface area contributed by atoms with Crippen molar-refractivity contribution >= 4 is 15.9 Å². The molecule has 19 heavy (non-hydrogen) atoms. The van der Waals surface area contributed by atoms with Gasteiger partial charge in [0.05, 0.1) is 0 Å². The van der Waals surface area contributed by atoms with E-state index in [2.05, 4.69) is 41.1 Å². The van der Waals surface area contributed by atoms with Gasteiger partial charge < -0.3 is 4.74 Å². The summed E-state index contributed by atoms with van der Waals surface area (Å²) < 4.78 is 5.78. The van der Waals surface area contributed by atoms with Crippen LogP contribution in [0.25, 0.3) is 0 Å². The van der Waals surface area contributed by atoms with Crippen LogP contribution in [0, 0.1) is 5.92 Å². The molecule has 0 saturated heterocycles. The Kier molecular flexibility index (Phi) is 4.16. The van der Waals surface area contributed by atoms with Crippen molar-refractivity contribution in [2.24, 2.45) is 5.92 Å². The van der Waals surface area contributed by atoms with Crippen molar-refractivity contribution in [2.45, 2.75) is 62.8 Å². The van der Waals surface area contributed by atoms with Crippen molar-refractivity contribution in [3.63, 3.8) is 0 Å². The fourth-order valence-electron chi connectivity index (χ4n) is 3.49. The van der Waals surface area contributed by atoms with Gasteiger partial charge in [-0.3, -0.25) is 0 Å². The van der Waals surface area contributed by atoms with E-state index in [4.69, 9.17) is 4.74 Å². The zero-order chi connectivity index (χ0) is 13.2. The van der Waals surface area contributed by atoms with Crippen LogP contribution >= 0.6 is 15.9 Å². The van der Waals surface area contributed by atoms with Gasteiger partial charge in [0.15, 0.2) is 0 Å². The van der Waals surface area contributed by atoms with Gasteiger partial charge in [-0.1, -0.05) is 60.2 Å². The van der Waals surface area contributed by atoms with Crippen molar-refractivity contribution in [2.75, 3.05) is 0 Å². The van der Waals surface area contributed by atoms with Gasteiger partial charge in [-0.15, -0.1) is 0 Å². The summed E-state index contributed by atoms with van der Waals surface area (Å²) in [5.74, 6) is 2.01. The van der Waals surface area contributed by atoms with Gasteiger partial charge in [-0.2, -0.15) is 0 Å². The Morgan fingerprint density at radius 2 is 2.05 bits per heavy atom. The Hall–Kier alpha value is -0.500. The maximum Gasteiger partial charge on any atom is 0.123 e. The number of rotatable bonds is 3. The molecule has 2 unspecified atom stereocenters. The lowest BCUT2D eigenvalue weighted by molar-refractivity contribution is 0.254. The average Bonchev–Trinajstić information content (AvgIpc) is 2.78. The van der Waals surface area contributed by atoms with Crippen molar-refractivity contribution < 1.29 is 4.74 Å². The molecule has 2 atom stereocenters. The molecule has 1 saturated carbocycles. The highest BCUT2D eigenvalue weighted by Crippen LogP contribution is 2.39. The number of fused-ring (bicyclic) bond motifs is 1. The number of ether oxygens (including phenoxy) is 1. The predicted octanol–water partition coefficient (Wildman–Crippen LogP) is 5.42. The minimum absolute atomic E-state index is 0.345. The van der Waals surface area contributed by atoms with Crippen LogP contribution in [0.15, 0.2) is 18.2 Å². The Morgan fingerprint density at radius 1 is 1.26 bits per heavy atom. The molecule has 0 radical (unpaired) electrons. The zero-order valence-electron chi connectivity index (χ0n) is 11.7. The van der Waals surface area contributed by atoms with Gasteiger partial charge in [0, 0.05) is 11.2 Å². The first-order chi connectivity index (χ1) is 9.22. The monoisotopic (exact) mass is 322 g/mol. The molecule has 0 N–H and O–H groups in total. The van der Waals surface area contributed by atoms with E-state index in [1.165, 1.54) is 49.7 Å². The highest BCUT2D eigenvalue weighted by Gasteiger charge is 2.22. The lowest BCUT2D eigenvalue weighted by atomic mass is 9.85. The fourth-order valence-corrected chi connectivity index (χ4v) is 4.30. The van der Waals surface area contributed by atoms with Crippen molar-refractivity contribution in [3.05, 3.63) is 29.3 Å². The zero-order valence-corrected chi connectivity index (χ0v) is 13.3. The molecule has 3 rings (SSSR count). The van der Waals surface area contributed by atoms with Gasteiger partial charge in [-0.25, -0.2) is 0 Å². The Balaban J connectivity index is 1.66. The molecule has 1 aromatic rings. The first-order valence-corrected chi connectivity index (χ1v) is 8.57. The second-order valence-corrected chi connectivity index (χ2v) is 7.31. The Bertz CT molecular complexity index is 437. The number of alkyl halides is 1. The van der Waals surface area contributed by atoms with Crippen LogP contribution in [0.2, 0.25) is 0 Å². The molecular formula is C17H23BrO. The van der Waals surface area contributed by atoms with Crippen LogP contribution in [0.4, 0.5) is 0 Å². The molecule has 0 amide bonds. The van der Waals surface area contributed by atoms with Crippen LogP contribution in [-0.2, 0) is 6.42 Å². The molecule has 1 aliphatic carbocycles. The van der Waals surface area contributed by atoms with E-state index >= 15 is 0 Å². The van der Waals surface area contributed by atoms with Gasteiger partial charge in [0.2, 0.25) is 0 Å². The second kappa shape index (κ2) is 5.87. The molecule has 0 bridgehead atoms. The number of hydrogen-bond donors (Lipinski definition) is 0. The van der Waals surface area contributed by atoms with Crippen molar-refractivity contribution in [3.8, 4) is 5.75 Å². The molecule has 0 spiro atoms. The second-order valence-electron chi connectivity index (χ2n) is 6.21. The number of benzene rings is 1. The lowest BCUT2D eigenvalue weighted by Crippen LogP contribution is -2.08. The minimum Gasteiger partial charge on any atom is -0.490 e. The van der Waals surface area contributed by atoms with E-state index in [1.54, 1.807) is 0 Å². The topological polar surface area (TPSA) is 9.23 Å². The summed E-state index contributed by atoms with van der Waals surface area (Å²) in [5, 5.41) is 0. The first-order valence-electron chi connectivity index (χ1n) is 7.66. The molecule has 1 fully saturated rings. The van der Waals surface area contributed by atoms with E-state index < -0.39 is 0 Å². The van der Waals surface area contributed by atoms with E-state index in [-0.39, 0.29) is 0 Å². The largest absolute Gasteiger partial charge is 0.490 e. The van der Waals surface area contributed by atoms with Gasteiger partial charge in [-0.05, 0) is 36.5 Å². The fraction of sp³-hybridized carbons (Fsp3) is 0.647. The summed E-state index contributed by atoms with van der Waals surface area (Å²) in [4.78, 5) is 0.511. The standard InChI is InChI=1S/C17H23BrO/c1-12-9-15-11-14(7-8-17(15)19-12)16(18)10-13-5-3-2-4-6-13/h7-8,11-13,16H,2-6,9-10H2,1H3. The molecule has 1 heterocycles. The quantitative estimate of drug-likeness (QED) is 0.675. The molecule has 104 valence electrons. The highest BCUT2D eigenvalue weighted by molar-refractivity contribution is 9.09. The maximum atomic E-state index is 5.78. The molecule has 0 aromatic heterocycles. The third kappa shape index (κ3) is 3.16. The normalized spacial score (nSPS) is 24.8. The van der Waals surface area contributed by atoms with Crippen molar-refractivity contribution in [1.82, 2.24) is 0 Å². The highest BCUT2D eigenvalue weighted by atomic mass is 79.9. The van der Waals surface area contributed by atoms with Crippen LogP contribution in [0.1, 0.15) is 61.4 Å². The number of hydrogen-bond acceptors (Lipinski definition) is 1. The van der Waals surface area contributed by atoms with Crippen LogP contribution in [0.3, 0.4) is 0 Å². The SMILES string of the molecule is CC1Cc2cc(C(Br)CC3CCCCC3)ccc2O1. The van der Waals surface area contributed by atoms with Crippen LogP contribution < -0.4 is 4.74 Å². The third-order valence-corrected chi connectivity index (χ3v) is 5.45. The molecule has 2 aliphatic rings. The minimum atomic E-state index is 0.345. The summed E-state index contributed by atoms with van der Waals surface area (Å²) in [6.45, 7) is 2.15. The third-order valence-electron chi connectivity index (χ3n) is 4.55.